The summed E-state index contributed by atoms with van der Waals surface area (Å²) < 4.78 is 6.80. The highest BCUT2D eigenvalue weighted by atomic mass is 79.9. The van der Waals surface area contributed by atoms with Crippen molar-refractivity contribution < 1.29 is 4.74 Å². The molecule has 0 amide bonds. The molecule has 0 spiro atoms. The third-order valence-electron chi connectivity index (χ3n) is 3.80. The average molecular weight is 326 g/mol. The standard InChI is InChI=1S/C16H24BrNO/c1-2-3-9-19-10-8-18-14-11-13(12-14)15-6-4-5-7-16(15)17/h4-7,13-14,18H,2-3,8-12H2,1H3. The van der Waals surface area contributed by atoms with E-state index in [-0.39, 0.29) is 0 Å². The fourth-order valence-electron chi connectivity index (χ4n) is 2.53. The molecule has 1 aliphatic carbocycles. The molecule has 0 aliphatic heterocycles. The third-order valence-corrected chi connectivity index (χ3v) is 4.53. The van der Waals surface area contributed by atoms with Crippen LogP contribution in [0.5, 0.6) is 0 Å². The molecule has 1 saturated carbocycles. The molecule has 0 saturated heterocycles. The van der Waals surface area contributed by atoms with Crippen molar-refractivity contribution in [2.45, 2.75) is 44.6 Å². The molecule has 0 aromatic heterocycles. The van der Waals surface area contributed by atoms with Crippen LogP contribution < -0.4 is 5.32 Å². The summed E-state index contributed by atoms with van der Waals surface area (Å²) in [6, 6.07) is 9.25. The van der Waals surface area contributed by atoms with Gasteiger partial charge in [0.2, 0.25) is 0 Å². The second-order valence-electron chi connectivity index (χ2n) is 5.31. The molecule has 2 rings (SSSR count). The normalized spacial score (nSPS) is 22.2. The second kappa shape index (κ2) is 8.03. The van der Waals surface area contributed by atoms with Crippen molar-refractivity contribution in [3.63, 3.8) is 0 Å². The van der Waals surface area contributed by atoms with Crippen molar-refractivity contribution in [3.05, 3.63) is 34.3 Å². The van der Waals surface area contributed by atoms with E-state index in [1.54, 1.807) is 0 Å². The minimum atomic E-state index is 0.673. The molecule has 0 radical (unpaired) electrons. The highest BCUT2D eigenvalue weighted by Gasteiger charge is 2.30. The summed E-state index contributed by atoms with van der Waals surface area (Å²) in [6.45, 7) is 4.92. The van der Waals surface area contributed by atoms with Crippen LogP contribution in [0.1, 0.15) is 44.1 Å². The summed E-state index contributed by atoms with van der Waals surface area (Å²) in [5.41, 5.74) is 1.46. The van der Waals surface area contributed by atoms with Gasteiger partial charge in [0, 0.05) is 23.7 Å². The van der Waals surface area contributed by atoms with Crippen molar-refractivity contribution in [1.82, 2.24) is 5.32 Å². The van der Waals surface area contributed by atoms with Gasteiger partial charge in [0.15, 0.2) is 0 Å². The van der Waals surface area contributed by atoms with Crippen LogP contribution in [-0.4, -0.2) is 25.8 Å². The quantitative estimate of drug-likeness (QED) is 0.726. The number of hydrogen-bond acceptors (Lipinski definition) is 2. The number of halogens is 1. The van der Waals surface area contributed by atoms with Gasteiger partial charge in [-0.2, -0.15) is 0 Å². The van der Waals surface area contributed by atoms with Gasteiger partial charge in [0.05, 0.1) is 6.61 Å². The molecule has 1 aliphatic rings. The van der Waals surface area contributed by atoms with E-state index in [0.717, 1.165) is 19.8 Å². The Bertz CT molecular complexity index is 377. The first-order chi connectivity index (χ1) is 9.31. The Morgan fingerprint density at radius 3 is 2.79 bits per heavy atom. The van der Waals surface area contributed by atoms with Gasteiger partial charge < -0.3 is 10.1 Å². The third kappa shape index (κ3) is 4.59. The summed E-state index contributed by atoms with van der Waals surface area (Å²) in [7, 11) is 0. The molecule has 3 heteroatoms. The van der Waals surface area contributed by atoms with Crippen LogP contribution in [0, 0.1) is 0 Å². The van der Waals surface area contributed by atoms with Crippen molar-refractivity contribution in [2.24, 2.45) is 0 Å². The summed E-state index contributed by atoms with van der Waals surface area (Å²) in [4.78, 5) is 0. The average Bonchev–Trinajstić information content (AvgIpc) is 2.37. The van der Waals surface area contributed by atoms with E-state index in [9.17, 15) is 0 Å². The first-order valence-electron chi connectivity index (χ1n) is 7.36. The number of hydrogen-bond donors (Lipinski definition) is 1. The molecule has 1 fully saturated rings. The molecular weight excluding hydrogens is 302 g/mol. The predicted molar refractivity (Wildman–Crippen MR) is 83.6 cm³/mol. The van der Waals surface area contributed by atoms with Gasteiger partial charge in [-0.25, -0.2) is 0 Å². The first kappa shape index (κ1) is 15.0. The molecule has 106 valence electrons. The zero-order valence-corrected chi connectivity index (χ0v) is 13.3. The molecule has 1 N–H and O–H groups in total. The van der Waals surface area contributed by atoms with Gasteiger partial charge in [-0.05, 0) is 36.8 Å². The highest BCUT2D eigenvalue weighted by Crippen LogP contribution is 2.39. The fourth-order valence-corrected chi connectivity index (χ4v) is 3.14. The molecule has 19 heavy (non-hydrogen) atoms. The van der Waals surface area contributed by atoms with Crippen molar-refractivity contribution in [2.75, 3.05) is 19.8 Å². The minimum absolute atomic E-state index is 0.673. The van der Waals surface area contributed by atoms with Crippen LogP contribution in [-0.2, 0) is 4.74 Å². The van der Waals surface area contributed by atoms with Crippen molar-refractivity contribution in [1.29, 1.82) is 0 Å². The lowest BCUT2D eigenvalue weighted by Gasteiger charge is -2.37. The van der Waals surface area contributed by atoms with Gasteiger partial charge in [0.25, 0.3) is 0 Å². The molecular formula is C16H24BrNO. The maximum atomic E-state index is 5.55. The maximum Gasteiger partial charge on any atom is 0.0591 e. The molecule has 0 atom stereocenters. The summed E-state index contributed by atoms with van der Waals surface area (Å²) in [5, 5.41) is 3.57. The van der Waals surface area contributed by atoms with E-state index in [2.05, 4.69) is 52.4 Å². The van der Waals surface area contributed by atoms with E-state index in [1.165, 1.54) is 35.7 Å². The molecule has 1 aromatic carbocycles. The number of unbranched alkanes of at least 4 members (excludes halogenated alkanes) is 1. The van der Waals surface area contributed by atoms with Gasteiger partial charge in [-0.15, -0.1) is 0 Å². The lowest BCUT2D eigenvalue weighted by molar-refractivity contribution is 0.126. The van der Waals surface area contributed by atoms with Crippen molar-refractivity contribution in [3.8, 4) is 0 Å². The van der Waals surface area contributed by atoms with Gasteiger partial charge in [-0.1, -0.05) is 47.5 Å². The van der Waals surface area contributed by atoms with E-state index in [1.807, 2.05) is 0 Å². The van der Waals surface area contributed by atoms with Crippen LogP contribution in [0.2, 0.25) is 0 Å². The second-order valence-corrected chi connectivity index (χ2v) is 6.16. The fraction of sp³-hybridized carbons (Fsp3) is 0.625. The Kier molecular flexibility index (Phi) is 6.35. The summed E-state index contributed by atoms with van der Waals surface area (Å²) >= 11 is 3.64. The van der Waals surface area contributed by atoms with Crippen LogP contribution in [0.15, 0.2) is 28.7 Å². The smallest absolute Gasteiger partial charge is 0.0591 e. The van der Waals surface area contributed by atoms with E-state index in [4.69, 9.17) is 4.74 Å². The van der Waals surface area contributed by atoms with E-state index in [0.29, 0.717) is 12.0 Å². The van der Waals surface area contributed by atoms with E-state index < -0.39 is 0 Å². The van der Waals surface area contributed by atoms with Crippen LogP contribution in [0.4, 0.5) is 0 Å². The van der Waals surface area contributed by atoms with Gasteiger partial charge >= 0.3 is 0 Å². The monoisotopic (exact) mass is 325 g/mol. The SMILES string of the molecule is CCCCOCCNC1CC(c2ccccc2Br)C1. The lowest BCUT2D eigenvalue weighted by atomic mass is 9.76. The first-order valence-corrected chi connectivity index (χ1v) is 8.16. The Balaban J connectivity index is 1.58. The topological polar surface area (TPSA) is 21.3 Å². The molecule has 1 aromatic rings. The molecule has 0 unspecified atom stereocenters. The number of nitrogens with one attached hydrogen (secondary N) is 1. The lowest BCUT2D eigenvalue weighted by Crippen LogP contribution is -2.41. The maximum absolute atomic E-state index is 5.55. The zero-order valence-electron chi connectivity index (χ0n) is 11.7. The number of rotatable bonds is 8. The van der Waals surface area contributed by atoms with Crippen LogP contribution in [0.25, 0.3) is 0 Å². The van der Waals surface area contributed by atoms with Gasteiger partial charge in [-0.3, -0.25) is 0 Å². The molecule has 2 nitrogen and oxygen atoms in total. The number of ether oxygens (including phenoxy) is 1. The minimum Gasteiger partial charge on any atom is -0.380 e. The van der Waals surface area contributed by atoms with Gasteiger partial charge in [0.1, 0.15) is 0 Å². The Morgan fingerprint density at radius 1 is 1.26 bits per heavy atom. The van der Waals surface area contributed by atoms with Crippen molar-refractivity contribution >= 4 is 15.9 Å². The van der Waals surface area contributed by atoms with Crippen LogP contribution in [0.3, 0.4) is 0 Å². The summed E-state index contributed by atoms with van der Waals surface area (Å²) in [6.07, 6.45) is 4.88. The highest BCUT2D eigenvalue weighted by molar-refractivity contribution is 9.10. The van der Waals surface area contributed by atoms with E-state index >= 15 is 0 Å². The largest absolute Gasteiger partial charge is 0.380 e. The number of benzene rings is 1. The predicted octanol–water partition coefficient (Wildman–Crippen LogP) is 4.10. The Morgan fingerprint density at radius 2 is 2.05 bits per heavy atom. The summed E-state index contributed by atoms with van der Waals surface area (Å²) in [5.74, 6) is 0.717. The molecule has 0 bridgehead atoms. The Labute approximate surface area is 125 Å². The molecule has 0 heterocycles. The Hall–Kier alpha value is -0.380. The van der Waals surface area contributed by atoms with Crippen LogP contribution >= 0.6 is 15.9 Å². The zero-order chi connectivity index (χ0) is 13.5.